The highest BCUT2D eigenvalue weighted by atomic mass is 127. The molecule has 146 valence electrons. The second kappa shape index (κ2) is 8.70. The molecule has 0 radical (unpaired) electrons. The maximum atomic E-state index is 12.4. The number of carbonyl (C=O) groups is 1. The van der Waals surface area contributed by atoms with Gasteiger partial charge in [-0.3, -0.25) is 4.79 Å². The molecule has 0 bridgehead atoms. The van der Waals surface area contributed by atoms with Gasteiger partial charge in [0.1, 0.15) is 5.75 Å². The number of benzene rings is 3. The van der Waals surface area contributed by atoms with Crippen molar-refractivity contribution in [2.75, 3.05) is 0 Å². The summed E-state index contributed by atoms with van der Waals surface area (Å²) in [6, 6.07) is 29.2. The molecule has 0 aliphatic carbocycles. The summed E-state index contributed by atoms with van der Waals surface area (Å²) in [5, 5.41) is 0. The molecule has 0 aromatic heterocycles. The number of carbonyl (C=O) groups excluding carboxylic acids is 1. The highest BCUT2D eigenvalue weighted by Crippen LogP contribution is 2.74. The third-order valence-electron chi connectivity index (χ3n) is 4.93. The summed E-state index contributed by atoms with van der Waals surface area (Å²) < 4.78 is 5.62. The van der Waals surface area contributed by atoms with Crippen LogP contribution in [0.2, 0.25) is 0 Å². The van der Waals surface area contributed by atoms with E-state index in [4.69, 9.17) is 4.74 Å². The molecule has 0 amide bonds. The molecule has 0 spiro atoms. The van der Waals surface area contributed by atoms with Crippen molar-refractivity contribution in [3.05, 3.63) is 84.9 Å². The lowest BCUT2D eigenvalue weighted by Gasteiger charge is -2.35. The van der Waals surface area contributed by atoms with E-state index < -0.39 is 12.6 Å². The summed E-state index contributed by atoms with van der Waals surface area (Å²) in [6.07, 6.45) is 0.743. The standard InChI is InChI=1S/C24H25IO2S/c1-4-24(2,3)23(26)27-19-15-17-22(18-16-19)28(25,20-11-7-5-8-12-20)21-13-9-6-10-14-21/h5-18H,4H2,1-3H3. The Hall–Kier alpha value is -1.79. The summed E-state index contributed by atoms with van der Waals surface area (Å²) in [5.74, 6) is 0.400. The van der Waals surface area contributed by atoms with E-state index in [1.807, 2.05) is 45.0 Å². The predicted molar refractivity (Wildman–Crippen MR) is 125 cm³/mol. The monoisotopic (exact) mass is 504 g/mol. The second-order valence-corrected chi connectivity index (χ2v) is 13.7. The number of halogens is 1. The van der Waals surface area contributed by atoms with Crippen LogP contribution in [0.5, 0.6) is 5.75 Å². The van der Waals surface area contributed by atoms with E-state index in [2.05, 4.69) is 81.9 Å². The van der Waals surface area contributed by atoms with E-state index in [9.17, 15) is 4.79 Å². The Kier molecular flexibility index (Phi) is 6.50. The van der Waals surface area contributed by atoms with Gasteiger partial charge in [-0.1, -0.05) is 43.3 Å². The van der Waals surface area contributed by atoms with Crippen molar-refractivity contribution in [3.63, 3.8) is 0 Å². The minimum absolute atomic E-state index is 0.193. The number of rotatable bonds is 6. The molecule has 0 aliphatic rings. The van der Waals surface area contributed by atoms with E-state index in [-0.39, 0.29) is 5.97 Å². The average Bonchev–Trinajstić information content (AvgIpc) is 2.75. The zero-order valence-electron chi connectivity index (χ0n) is 16.4. The minimum atomic E-state index is -1.42. The van der Waals surface area contributed by atoms with Crippen molar-refractivity contribution in [1.29, 1.82) is 0 Å². The quantitative estimate of drug-likeness (QED) is 0.196. The van der Waals surface area contributed by atoms with Gasteiger partial charge in [0, 0.05) is 14.7 Å². The van der Waals surface area contributed by atoms with Crippen LogP contribution < -0.4 is 4.74 Å². The Morgan fingerprint density at radius 1 is 0.821 bits per heavy atom. The highest BCUT2D eigenvalue weighted by Gasteiger charge is 2.29. The molecule has 4 heteroatoms. The Morgan fingerprint density at radius 2 is 1.25 bits per heavy atom. The van der Waals surface area contributed by atoms with Gasteiger partial charge in [0.25, 0.3) is 0 Å². The molecule has 3 aromatic carbocycles. The normalized spacial score (nSPS) is 12.4. The maximum Gasteiger partial charge on any atom is 0.316 e. The van der Waals surface area contributed by atoms with Crippen LogP contribution >= 0.6 is 28.4 Å². The van der Waals surface area contributed by atoms with Gasteiger partial charge < -0.3 is 4.74 Å². The Labute approximate surface area is 181 Å². The van der Waals surface area contributed by atoms with E-state index >= 15 is 0 Å². The molecule has 2 nitrogen and oxygen atoms in total. The van der Waals surface area contributed by atoms with Crippen LogP contribution in [-0.4, -0.2) is 5.97 Å². The first-order valence-electron chi connectivity index (χ1n) is 9.33. The Morgan fingerprint density at radius 3 is 1.68 bits per heavy atom. The van der Waals surface area contributed by atoms with Gasteiger partial charge >= 0.3 is 5.97 Å². The third kappa shape index (κ3) is 4.28. The largest absolute Gasteiger partial charge is 0.426 e. The van der Waals surface area contributed by atoms with Crippen molar-refractivity contribution in [2.45, 2.75) is 41.9 Å². The van der Waals surface area contributed by atoms with Crippen molar-refractivity contribution in [1.82, 2.24) is 0 Å². The summed E-state index contributed by atoms with van der Waals surface area (Å²) in [5.41, 5.74) is -0.481. The Balaban J connectivity index is 1.98. The first-order valence-corrected chi connectivity index (χ1v) is 13.5. The number of hydrogen-bond donors (Lipinski definition) is 0. The van der Waals surface area contributed by atoms with Crippen LogP contribution in [0.3, 0.4) is 0 Å². The summed E-state index contributed by atoms with van der Waals surface area (Å²) in [7, 11) is -1.42. The zero-order valence-corrected chi connectivity index (χ0v) is 19.4. The molecule has 0 saturated heterocycles. The van der Waals surface area contributed by atoms with Gasteiger partial charge in [-0.2, -0.15) is 0 Å². The van der Waals surface area contributed by atoms with Crippen LogP contribution in [-0.2, 0) is 4.79 Å². The molecule has 0 aliphatic heterocycles. The minimum Gasteiger partial charge on any atom is -0.426 e. The molecular formula is C24H25IO2S. The molecule has 0 atom stereocenters. The number of ether oxygens (including phenoxy) is 1. The molecular weight excluding hydrogens is 479 g/mol. The fraction of sp³-hybridized carbons (Fsp3) is 0.208. The summed E-state index contributed by atoms with van der Waals surface area (Å²) in [4.78, 5) is 16.2. The molecule has 0 N–H and O–H groups in total. The van der Waals surface area contributed by atoms with E-state index in [0.717, 1.165) is 6.42 Å². The molecule has 28 heavy (non-hydrogen) atoms. The molecule has 0 saturated carbocycles. The van der Waals surface area contributed by atoms with Crippen LogP contribution in [0.4, 0.5) is 0 Å². The van der Waals surface area contributed by atoms with E-state index in [1.54, 1.807) is 0 Å². The number of hydrogen-bond acceptors (Lipinski definition) is 2. The summed E-state index contributed by atoms with van der Waals surface area (Å²) in [6.45, 7) is 5.82. The van der Waals surface area contributed by atoms with E-state index in [0.29, 0.717) is 5.75 Å². The average molecular weight is 504 g/mol. The first-order chi connectivity index (χ1) is 13.4. The van der Waals surface area contributed by atoms with Crippen LogP contribution in [0.15, 0.2) is 99.6 Å². The lowest BCUT2D eigenvalue weighted by Crippen LogP contribution is -2.28. The third-order valence-corrected chi connectivity index (χ3v) is 12.3. The fourth-order valence-corrected chi connectivity index (χ4v) is 7.74. The molecule has 3 rings (SSSR count). The fourth-order valence-electron chi connectivity index (χ4n) is 2.71. The van der Waals surface area contributed by atoms with Crippen molar-refractivity contribution in [2.24, 2.45) is 5.41 Å². The molecule has 0 fully saturated rings. The maximum absolute atomic E-state index is 12.4. The topological polar surface area (TPSA) is 26.3 Å². The summed E-state index contributed by atoms with van der Waals surface area (Å²) >= 11 is 2.60. The first kappa shape index (κ1) is 20.9. The van der Waals surface area contributed by atoms with Gasteiger partial charge in [0.15, 0.2) is 0 Å². The van der Waals surface area contributed by atoms with Crippen LogP contribution in [0.1, 0.15) is 27.2 Å². The molecule has 0 heterocycles. The van der Waals surface area contributed by atoms with Gasteiger partial charge in [-0.25, -0.2) is 0 Å². The van der Waals surface area contributed by atoms with Crippen molar-refractivity contribution in [3.8, 4) is 5.75 Å². The smallest absolute Gasteiger partial charge is 0.316 e. The predicted octanol–water partition coefficient (Wildman–Crippen LogP) is 7.66. The van der Waals surface area contributed by atoms with Gasteiger partial charge in [0.05, 0.1) is 5.41 Å². The van der Waals surface area contributed by atoms with Crippen molar-refractivity contribution >= 4 is 34.4 Å². The highest BCUT2D eigenvalue weighted by molar-refractivity contribution is 14.2. The van der Waals surface area contributed by atoms with Crippen molar-refractivity contribution < 1.29 is 9.53 Å². The van der Waals surface area contributed by atoms with Gasteiger partial charge in [-0.05, 0) is 90.0 Å². The second-order valence-electron chi connectivity index (χ2n) is 7.26. The molecule has 3 aromatic rings. The van der Waals surface area contributed by atoms with Crippen LogP contribution in [0.25, 0.3) is 0 Å². The van der Waals surface area contributed by atoms with Crippen LogP contribution in [0, 0.1) is 5.41 Å². The van der Waals surface area contributed by atoms with Gasteiger partial charge in [-0.15, -0.1) is 7.20 Å². The SMILES string of the molecule is CCC(C)(C)C(=O)Oc1ccc(S(I)(c2ccccc2)c2ccccc2)cc1. The number of esters is 1. The molecule has 0 unspecified atom stereocenters. The Bertz CT molecular complexity index is 882. The zero-order chi connectivity index (χ0) is 20.2. The lowest BCUT2D eigenvalue weighted by atomic mass is 9.91. The van der Waals surface area contributed by atoms with E-state index in [1.165, 1.54) is 14.7 Å². The van der Waals surface area contributed by atoms with Gasteiger partial charge in [0.2, 0.25) is 0 Å². The lowest BCUT2D eigenvalue weighted by molar-refractivity contribution is -0.144.